The summed E-state index contributed by atoms with van der Waals surface area (Å²) < 4.78 is 0. The second-order valence-corrected chi connectivity index (χ2v) is 6.59. The minimum atomic E-state index is 0.0329. The summed E-state index contributed by atoms with van der Waals surface area (Å²) >= 11 is 0. The summed E-state index contributed by atoms with van der Waals surface area (Å²) in [5.74, 6) is 0.883. The highest BCUT2D eigenvalue weighted by Gasteiger charge is 2.29. The number of aromatic amines is 1. The van der Waals surface area contributed by atoms with E-state index in [0.717, 1.165) is 36.5 Å². The first-order chi connectivity index (χ1) is 12.7. The predicted molar refractivity (Wildman–Crippen MR) is 100 cm³/mol. The summed E-state index contributed by atoms with van der Waals surface area (Å²) in [4.78, 5) is 33.5. The van der Waals surface area contributed by atoms with Gasteiger partial charge in [0.15, 0.2) is 5.65 Å². The summed E-state index contributed by atoms with van der Waals surface area (Å²) in [6.45, 7) is 6.40. The van der Waals surface area contributed by atoms with E-state index >= 15 is 0 Å². The molecule has 3 aromatic rings. The highest BCUT2D eigenvalue weighted by Crippen LogP contribution is 2.22. The highest BCUT2D eigenvalue weighted by molar-refractivity contribution is 6.04. The average molecular weight is 350 g/mol. The Morgan fingerprint density at radius 1 is 1.23 bits per heavy atom. The van der Waals surface area contributed by atoms with Gasteiger partial charge in [-0.05, 0) is 25.1 Å². The summed E-state index contributed by atoms with van der Waals surface area (Å²) in [6.07, 6.45) is 6.04. The van der Waals surface area contributed by atoms with E-state index in [-0.39, 0.29) is 11.9 Å². The van der Waals surface area contributed by atoms with Gasteiger partial charge in [0, 0.05) is 56.4 Å². The minimum absolute atomic E-state index is 0.0329. The van der Waals surface area contributed by atoms with Crippen molar-refractivity contribution in [1.29, 1.82) is 0 Å². The first-order valence-electron chi connectivity index (χ1n) is 8.97. The lowest BCUT2D eigenvalue weighted by molar-refractivity contribution is 0.0676. The van der Waals surface area contributed by atoms with Crippen LogP contribution in [0.2, 0.25) is 0 Å². The van der Waals surface area contributed by atoms with Crippen LogP contribution in [0.4, 0.5) is 5.69 Å². The van der Waals surface area contributed by atoms with Crippen molar-refractivity contribution in [1.82, 2.24) is 24.8 Å². The van der Waals surface area contributed by atoms with Crippen LogP contribution in [0, 0.1) is 0 Å². The highest BCUT2D eigenvalue weighted by atomic mass is 16.2. The zero-order valence-electron chi connectivity index (χ0n) is 15.0. The standard InChI is InChI=1S/C19H22N6O/c1-3-16-22-17-15(6-9-21-18(17)23-16)19(26)25-11-10-24(12-13(25)2)14-4-7-20-8-5-14/h4-9,13H,3,10-12H2,1-2H3,(H,21,22,23). The number of hydrogen-bond acceptors (Lipinski definition) is 5. The van der Waals surface area contributed by atoms with Gasteiger partial charge in [-0.25, -0.2) is 9.97 Å². The Kier molecular flexibility index (Phi) is 4.28. The Morgan fingerprint density at radius 3 is 2.77 bits per heavy atom. The minimum Gasteiger partial charge on any atom is -0.368 e. The lowest BCUT2D eigenvalue weighted by Gasteiger charge is -2.41. The predicted octanol–water partition coefficient (Wildman–Crippen LogP) is 2.27. The largest absolute Gasteiger partial charge is 0.368 e. The Balaban J connectivity index is 1.57. The molecule has 7 nitrogen and oxygen atoms in total. The molecule has 1 N–H and O–H groups in total. The van der Waals surface area contributed by atoms with Gasteiger partial charge >= 0.3 is 0 Å². The van der Waals surface area contributed by atoms with Crippen molar-refractivity contribution in [3.05, 3.63) is 48.2 Å². The maximum absolute atomic E-state index is 13.2. The van der Waals surface area contributed by atoms with Gasteiger partial charge < -0.3 is 14.8 Å². The smallest absolute Gasteiger partial charge is 0.256 e. The quantitative estimate of drug-likeness (QED) is 0.784. The number of aromatic nitrogens is 4. The fourth-order valence-electron chi connectivity index (χ4n) is 3.51. The van der Waals surface area contributed by atoms with Crippen LogP contribution in [0.3, 0.4) is 0 Å². The van der Waals surface area contributed by atoms with E-state index in [9.17, 15) is 4.79 Å². The second-order valence-electron chi connectivity index (χ2n) is 6.59. The SMILES string of the molecule is CCc1nc2nccc(C(=O)N3CCN(c4ccncc4)CC3C)c2[nH]1. The molecule has 1 fully saturated rings. The van der Waals surface area contributed by atoms with Gasteiger partial charge in [-0.15, -0.1) is 0 Å². The number of fused-ring (bicyclic) bond motifs is 1. The summed E-state index contributed by atoms with van der Waals surface area (Å²) in [5, 5.41) is 0. The molecular weight excluding hydrogens is 328 g/mol. The number of aryl methyl sites for hydroxylation is 1. The molecular formula is C19H22N6O. The Morgan fingerprint density at radius 2 is 2.04 bits per heavy atom. The summed E-state index contributed by atoms with van der Waals surface area (Å²) in [7, 11) is 0. The number of piperazine rings is 1. The third kappa shape index (κ3) is 2.89. The molecule has 4 heterocycles. The monoisotopic (exact) mass is 350 g/mol. The van der Waals surface area contributed by atoms with E-state index in [1.54, 1.807) is 24.7 Å². The maximum atomic E-state index is 13.2. The van der Waals surface area contributed by atoms with Crippen molar-refractivity contribution in [2.45, 2.75) is 26.3 Å². The first-order valence-corrected chi connectivity index (χ1v) is 8.97. The lowest BCUT2D eigenvalue weighted by Crippen LogP contribution is -2.54. The number of hydrogen-bond donors (Lipinski definition) is 1. The average Bonchev–Trinajstić information content (AvgIpc) is 3.11. The van der Waals surface area contributed by atoms with Crippen molar-refractivity contribution in [3.8, 4) is 0 Å². The van der Waals surface area contributed by atoms with E-state index in [2.05, 4.69) is 31.8 Å². The number of imidazole rings is 1. The van der Waals surface area contributed by atoms with Crippen molar-refractivity contribution in [2.75, 3.05) is 24.5 Å². The fraction of sp³-hybridized carbons (Fsp3) is 0.368. The van der Waals surface area contributed by atoms with Gasteiger partial charge in [0.1, 0.15) is 5.82 Å². The molecule has 0 spiro atoms. The van der Waals surface area contributed by atoms with Crippen LogP contribution < -0.4 is 4.90 Å². The Hall–Kier alpha value is -2.96. The van der Waals surface area contributed by atoms with Crippen molar-refractivity contribution >= 4 is 22.8 Å². The summed E-state index contributed by atoms with van der Waals surface area (Å²) in [5.41, 5.74) is 3.13. The molecule has 0 saturated carbocycles. The van der Waals surface area contributed by atoms with Crippen molar-refractivity contribution in [2.24, 2.45) is 0 Å². The van der Waals surface area contributed by atoms with Gasteiger partial charge in [0.2, 0.25) is 0 Å². The van der Waals surface area contributed by atoms with E-state index in [1.165, 1.54) is 0 Å². The second kappa shape index (κ2) is 6.74. The van der Waals surface area contributed by atoms with Crippen molar-refractivity contribution < 1.29 is 4.79 Å². The number of pyridine rings is 2. The van der Waals surface area contributed by atoms with Crippen LogP contribution in [0.25, 0.3) is 11.2 Å². The number of carbonyl (C=O) groups excluding carboxylic acids is 1. The molecule has 7 heteroatoms. The molecule has 0 aliphatic carbocycles. The van der Waals surface area contributed by atoms with Gasteiger partial charge in [-0.2, -0.15) is 0 Å². The van der Waals surface area contributed by atoms with E-state index in [4.69, 9.17) is 0 Å². The number of rotatable bonds is 3. The molecule has 3 aromatic heterocycles. The molecule has 1 saturated heterocycles. The van der Waals surface area contributed by atoms with Gasteiger partial charge in [0.05, 0.1) is 11.1 Å². The Labute approximate surface area is 152 Å². The van der Waals surface area contributed by atoms with Crippen LogP contribution in [0.15, 0.2) is 36.8 Å². The van der Waals surface area contributed by atoms with Crippen LogP contribution in [-0.2, 0) is 6.42 Å². The van der Waals surface area contributed by atoms with Crippen molar-refractivity contribution in [3.63, 3.8) is 0 Å². The molecule has 0 aromatic carbocycles. The number of nitrogens with one attached hydrogen (secondary N) is 1. The molecule has 1 aliphatic rings. The maximum Gasteiger partial charge on any atom is 0.256 e. The molecule has 1 unspecified atom stereocenters. The van der Waals surface area contributed by atoms with Crippen LogP contribution in [0.1, 0.15) is 30.0 Å². The Bertz CT molecular complexity index is 922. The normalized spacial score (nSPS) is 17.7. The van der Waals surface area contributed by atoms with E-state index in [0.29, 0.717) is 17.8 Å². The molecule has 134 valence electrons. The molecule has 0 bridgehead atoms. The lowest BCUT2D eigenvalue weighted by atomic mass is 10.1. The van der Waals surface area contributed by atoms with Crippen LogP contribution >= 0.6 is 0 Å². The number of carbonyl (C=O) groups is 1. The fourth-order valence-corrected chi connectivity index (χ4v) is 3.51. The van der Waals surface area contributed by atoms with Gasteiger partial charge in [-0.1, -0.05) is 6.92 Å². The molecule has 1 aliphatic heterocycles. The molecule has 26 heavy (non-hydrogen) atoms. The van der Waals surface area contributed by atoms with Gasteiger partial charge in [-0.3, -0.25) is 9.78 Å². The number of H-pyrrole nitrogens is 1. The van der Waals surface area contributed by atoms with E-state index < -0.39 is 0 Å². The number of amides is 1. The molecule has 4 rings (SSSR count). The molecule has 1 amide bonds. The third-order valence-corrected chi connectivity index (χ3v) is 4.92. The summed E-state index contributed by atoms with van der Waals surface area (Å²) in [6, 6.07) is 5.91. The first kappa shape index (κ1) is 16.5. The third-order valence-electron chi connectivity index (χ3n) is 4.92. The molecule has 0 radical (unpaired) electrons. The number of nitrogens with zero attached hydrogens (tertiary/aromatic N) is 5. The van der Waals surface area contributed by atoms with Gasteiger partial charge in [0.25, 0.3) is 5.91 Å². The van der Waals surface area contributed by atoms with Crippen LogP contribution in [0.5, 0.6) is 0 Å². The molecule has 1 atom stereocenters. The van der Waals surface area contributed by atoms with Crippen LogP contribution in [-0.4, -0.2) is 56.4 Å². The zero-order chi connectivity index (χ0) is 18.1. The topological polar surface area (TPSA) is 78.0 Å². The zero-order valence-corrected chi connectivity index (χ0v) is 15.0. The van der Waals surface area contributed by atoms with E-state index in [1.807, 2.05) is 24.0 Å². The number of anilines is 1.